The van der Waals surface area contributed by atoms with Gasteiger partial charge in [-0.05, 0) is 19.8 Å². The van der Waals surface area contributed by atoms with Crippen molar-refractivity contribution < 1.29 is 9.26 Å². The SMILES string of the molecule is CCOC(c1noc([C@H](C)N)n1)C(C)C. The van der Waals surface area contributed by atoms with Gasteiger partial charge in [0.25, 0.3) is 0 Å². The molecule has 1 rings (SSSR count). The molecule has 0 aliphatic carbocycles. The lowest BCUT2D eigenvalue weighted by atomic mass is 10.1. The number of rotatable bonds is 5. The molecule has 2 atom stereocenters. The topological polar surface area (TPSA) is 74.2 Å². The monoisotopic (exact) mass is 213 g/mol. The van der Waals surface area contributed by atoms with Crippen LogP contribution in [0.4, 0.5) is 0 Å². The highest BCUT2D eigenvalue weighted by Gasteiger charge is 2.22. The van der Waals surface area contributed by atoms with Crippen LogP contribution >= 0.6 is 0 Å². The molecule has 1 unspecified atom stereocenters. The molecule has 0 aliphatic heterocycles. The van der Waals surface area contributed by atoms with Gasteiger partial charge in [-0.15, -0.1) is 0 Å². The average molecular weight is 213 g/mol. The first-order chi connectivity index (χ1) is 7.06. The maximum Gasteiger partial charge on any atom is 0.243 e. The summed E-state index contributed by atoms with van der Waals surface area (Å²) in [4.78, 5) is 4.22. The zero-order valence-electron chi connectivity index (χ0n) is 9.73. The Kier molecular flexibility index (Phi) is 4.23. The van der Waals surface area contributed by atoms with Crippen LogP contribution in [0.2, 0.25) is 0 Å². The zero-order chi connectivity index (χ0) is 11.4. The van der Waals surface area contributed by atoms with Crippen molar-refractivity contribution in [2.24, 2.45) is 11.7 Å². The van der Waals surface area contributed by atoms with E-state index in [4.69, 9.17) is 15.0 Å². The van der Waals surface area contributed by atoms with Crippen LogP contribution in [0.1, 0.15) is 51.6 Å². The zero-order valence-corrected chi connectivity index (χ0v) is 9.73. The second-order valence-electron chi connectivity index (χ2n) is 3.90. The molecule has 86 valence electrons. The normalized spacial score (nSPS) is 15.6. The van der Waals surface area contributed by atoms with Gasteiger partial charge in [0.05, 0.1) is 6.04 Å². The molecule has 0 fully saturated rings. The summed E-state index contributed by atoms with van der Waals surface area (Å²) in [5.74, 6) is 1.35. The van der Waals surface area contributed by atoms with Gasteiger partial charge < -0.3 is 15.0 Å². The quantitative estimate of drug-likeness (QED) is 0.807. The lowest BCUT2D eigenvalue weighted by molar-refractivity contribution is 0.0217. The Labute approximate surface area is 90.0 Å². The fourth-order valence-corrected chi connectivity index (χ4v) is 1.29. The molecule has 1 aromatic rings. The summed E-state index contributed by atoms with van der Waals surface area (Å²) in [5.41, 5.74) is 5.64. The van der Waals surface area contributed by atoms with E-state index in [1.54, 1.807) is 0 Å². The predicted octanol–water partition coefficient (Wildman–Crippen LogP) is 1.82. The van der Waals surface area contributed by atoms with E-state index in [1.807, 2.05) is 13.8 Å². The third-order valence-corrected chi connectivity index (χ3v) is 2.05. The molecule has 2 N–H and O–H groups in total. The van der Waals surface area contributed by atoms with E-state index in [1.165, 1.54) is 0 Å². The molecule has 1 heterocycles. The van der Waals surface area contributed by atoms with E-state index < -0.39 is 0 Å². The lowest BCUT2D eigenvalue weighted by Gasteiger charge is -2.16. The first kappa shape index (κ1) is 12.1. The molecule has 0 saturated carbocycles. The molecule has 0 saturated heterocycles. The molecule has 0 aliphatic rings. The van der Waals surface area contributed by atoms with E-state index in [2.05, 4.69) is 24.0 Å². The van der Waals surface area contributed by atoms with Gasteiger partial charge in [0.2, 0.25) is 11.7 Å². The van der Waals surface area contributed by atoms with E-state index in [0.29, 0.717) is 24.2 Å². The molecular weight excluding hydrogens is 194 g/mol. The molecule has 0 radical (unpaired) electrons. The summed E-state index contributed by atoms with van der Waals surface area (Å²) in [5, 5.41) is 3.89. The Hall–Kier alpha value is -0.940. The van der Waals surface area contributed by atoms with Crippen molar-refractivity contribution in [3.63, 3.8) is 0 Å². The van der Waals surface area contributed by atoms with Crippen LogP contribution in [0, 0.1) is 5.92 Å². The number of nitrogens with two attached hydrogens (primary N) is 1. The minimum absolute atomic E-state index is 0.119. The van der Waals surface area contributed by atoms with Gasteiger partial charge in [0, 0.05) is 6.61 Å². The fraction of sp³-hybridized carbons (Fsp3) is 0.800. The average Bonchev–Trinajstić information content (AvgIpc) is 2.62. The van der Waals surface area contributed by atoms with E-state index in [0.717, 1.165) is 0 Å². The summed E-state index contributed by atoms with van der Waals surface area (Å²) < 4.78 is 10.6. The van der Waals surface area contributed by atoms with Crippen LogP contribution in [0.5, 0.6) is 0 Å². The molecule has 0 aromatic carbocycles. The molecule has 5 nitrogen and oxygen atoms in total. The van der Waals surface area contributed by atoms with E-state index in [-0.39, 0.29) is 12.1 Å². The second kappa shape index (κ2) is 5.23. The van der Waals surface area contributed by atoms with Crippen molar-refractivity contribution >= 4 is 0 Å². The molecule has 1 aromatic heterocycles. The first-order valence-corrected chi connectivity index (χ1v) is 5.27. The van der Waals surface area contributed by atoms with Crippen LogP contribution in [0.15, 0.2) is 4.52 Å². The standard InChI is InChI=1S/C10H19N3O2/c1-5-14-8(6(2)3)9-12-10(7(4)11)15-13-9/h6-8H,5,11H2,1-4H3/t7-,8?/m0/s1. The fourth-order valence-electron chi connectivity index (χ4n) is 1.29. The maximum atomic E-state index is 5.64. The second-order valence-corrected chi connectivity index (χ2v) is 3.90. The lowest BCUT2D eigenvalue weighted by Crippen LogP contribution is -2.13. The highest BCUT2D eigenvalue weighted by molar-refractivity contribution is 4.95. The minimum atomic E-state index is -0.235. The van der Waals surface area contributed by atoms with Crippen molar-refractivity contribution in [1.29, 1.82) is 0 Å². The Morgan fingerprint density at radius 1 is 1.40 bits per heavy atom. The summed E-state index contributed by atoms with van der Waals surface area (Å²) in [6.07, 6.45) is -0.119. The first-order valence-electron chi connectivity index (χ1n) is 5.27. The van der Waals surface area contributed by atoms with Gasteiger partial charge in [0.15, 0.2) is 0 Å². The third kappa shape index (κ3) is 3.00. The number of nitrogens with zero attached hydrogens (tertiary/aromatic N) is 2. The van der Waals surface area contributed by atoms with E-state index >= 15 is 0 Å². The molecule has 0 amide bonds. The minimum Gasteiger partial charge on any atom is -0.370 e. The molecular formula is C10H19N3O2. The summed E-state index contributed by atoms with van der Waals surface area (Å²) in [7, 11) is 0. The summed E-state index contributed by atoms with van der Waals surface area (Å²) in [6, 6.07) is -0.235. The van der Waals surface area contributed by atoms with Gasteiger partial charge >= 0.3 is 0 Å². The number of ether oxygens (including phenoxy) is 1. The Bertz CT molecular complexity index is 297. The van der Waals surface area contributed by atoms with Gasteiger partial charge in [-0.25, -0.2) is 0 Å². The van der Waals surface area contributed by atoms with Gasteiger partial charge in [0.1, 0.15) is 6.10 Å². The van der Waals surface area contributed by atoms with Crippen molar-refractivity contribution in [2.75, 3.05) is 6.61 Å². The highest BCUT2D eigenvalue weighted by Crippen LogP contribution is 2.23. The summed E-state index contributed by atoms with van der Waals surface area (Å²) >= 11 is 0. The molecule has 15 heavy (non-hydrogen) atoms. The van der Waals surface area contributed by atoms with Crippen LogP contribution in [0.3, 0.4) is 0 Å². The highest BCUT2D eigenvalue weighted by atomic mass is 16.5. The van der Waals surface area contributed by atoms with Gasteiger partial charge in [-0.2, -0.15) is 4.98 Å². The van der Waals surface area contributed by atoms with Crippen molar-refractivity contribution in [3.8, 4) is 0 Å². The third-order valence-electron chi connectivity index (χ3n) is 2.05. The Morgan fingerprint density at radius 2 is 2.07 bits per heavy atom. The van der Waals surface area contributed by atoms with Gasteiger partial charge in [-0.1, -0.05) is 19.0 Å². The van der Waals surface area contributed by atoms with Crippen LogP contribution in [-0.4, -0.2) is 16.7 Å². The number of hydrogen-bond donors (Lipinski definition) is 1. The van der Waals surface area contributed by atoms with E-state index in [9.17, 15) is 0 Å². The smallest absolute Gasteiger partial charge is 0.243 e. The number of hydrogen-bond acceptors (Lipinski definition) is 5. The van der Waals surface area contributed by atoms with Crippen molar-refractivity contribution in [3.05, 3.63) is 11.7 Å². The van der Waals surface area contributed by atoms with Gasteiger partial charge in [-0.3, -0.25) is 0 Å². The van der Waals surface area contributed by atoms with Crippen molar-refractivity contribution in [1.82, 2.24) is 10.1 Å². The largest absolute Gasteiger partial charge is 0.370 e. The molecule has 0 bridgehead atoms. The van der Waals surface area contributed by atoms with Crippen LogP contribution in [0.25, 0.3) is 0 Å². The maximum absolute atomic E-state index is 5.64. The Balaban J connectivity index is 2.81. The predicted molar refractivity (Wildman–Crippen MR) is 56.1 cm³/mol. The van der Waals surface area contributed by atoms with Crippen LogP contribution in [-0.2, 0) is 4.74 Å². The molecule has 5 heteroatoms. The number of aromatic nitrogens is 2. The molecule has 0 spiro atoms. The van der Waals surface area contributed by atoms with Crippen molar-refractivity contribution in [2.45, 2.75) is 39.8 Å². The van der Waals surface area contributed by atoms with Crippen LogP contribution < -0.4 is 5.73 Å². The summed E-state index contributed by atoms with van der Waals surface area (Å²) in [6.45, 7) is 8.50. The Morgan fingerprint density at radius 3 is 2.47 bits per heavy atom.